The number of fused-ring (bicyclic) bond motifs is 1. The molecule has 0 bridgehead atoms. The first-order chi connectivity index (χ1) is 7.84. The van der Waals surface area contributed by atoms with Crippen molar-refractivity contribution >= 4 is 42.9 Å². The van der Waals surface area contributed by atoms with Gasteiger partial charge in [-0.3, -0.25) is 0 Å². The molecular formula is C12H9AsN2S. The maximum atomic E-state index is 4.61. The fourth-order valence-corrected chi connectivity index (χ4v) is 3.47. The fourth-order valence-electron chi connectivity index (χ4n) is 1.58. The first-order valence-electron chi connectivity index (χ1n) is 4.91. The molecule has 0 fully saturated rings. The van der Waals surface area contributed by atoms with Crippen LogP contribution in [0.5, 0.6) is 0 Å². The minimum absolute atomic E-state index is 0.984. The van der Waals surface area contributed by atoms with Crippen molar-refractivity contribution in [3.8, 4) is 10.6 Å². The molecule has 3 aromatic rings. The van der Waals surface area contributed by atoms with Crippen molar-refractivity contribution in [2.24, 2.45) is 0 Å². The van der Waals surface area contributed by atoms with Crippen LogP contribution in [0, 0.1) is 0 Å². The van der Waals surface area contributed by atoms with Crippen LogP contribution >= 0.6 is 11.3 Å². The standard InChI is InChI=1S/C12H9AsN2S/c13-9-5-2-1-4-8(9)11-15-10-6-3-7-14-12(10)16-11/h1-7H,13H2. The van der Waals surface area contributed by atoms with Gasteiger partial charge in [-0.25, -0.2) is 0 Å². The molecule has 0 radical (unpaired) electrons. The molecule has 0 aliphatic rings. The fraction of sp³-hybridized carbons (Fsp3) is 0. The minimum atomic E-state index is 0.984. The summed E-state index contributed by atoms with van der Waals surface area (Å²) in [6.45, 7) is 0. The Morgan fingerprint density at radius 3 is 2.75 bits per heavy atom. The first-order valence-corrected chi connectivity index (χ1v) is 6.94. The summed E-state index contributed by atoms with van der Waals surface area (Å²) in [6, 6.07) is 12.3. The average Bonchev–Trinajstić information content (AvgIpc) is 2.73. The van der Waals surface area contributed by atoms with Crippen LogP contribution in [0.4, 0.5) is 0 Å². The molecule has 0 amide bonds. The summed E-state index contributed by atoms with van der Waals surface area (Å²) in [5.41, 5.74) is 2.21. The van der Waals surface area contributed by atoms with Crippen molar-refractivity contribution in [3.63, 3.8) is 0 Å². The number of benzene rings is 1. The second-order valence-corrected chi connectivity index (χ2v) is 5.72. The van der Waals surface area contributed by atoms with Crippen molar-refractivity contribution in [1.82, 2.24) is 9.97 Å². The van der Waals surface area contributed by atoms with Crippen LogP contribution < -0.4 is 4.35 Å². The van der Waals surface area contributed by atoms with Gasteiger partial charge in [-0.15, -0.1) is 0 Å². The van der Waals surface area contributed by atoms with E-state index >= 15 is 0 Å². The number of nitrogens with zero attached hydrogens (tertiary/aromatic N) is 2. The molecule has 1 unspecified atom stereocenters. The summed E-state index contributed by atoms with van der Waals surface area (Å²) in [4.78, 5) is 9.94. The van der Waals surface area contributed by atoms with E-state index in [0.29, 0.717) is 0 Å². The zero-order valence-corrected chi connectivity index (χ0v) is 11.7. The van der Waals surface area contributed by atoms with E-state index < -0.39 is 0 Å². The van der Waals surface area contributed by atoms with E-state index in [2.05, 4.69) is 34.2 Å². The summed E-state index contributed by atoms with van der Waals surface area (Å²) in [5.74, 6) is 0. The second kappa shape index (κ2) is 4.00. The van der Waals surface area contributed by atoms with Crippen LogP contribution in [0.15, 0.2) is 42.6 Å². The van der Waals surface area contributed by atoms with Gasteiger partial charge in [0.05, 0.1) is 0 Å². The van der Waals surface area contributed by atoms with E-state index in [1.54, 1.807) is 28.2 Å². The van der Waals surface area contributed by atoms with E-state index in [0.717, 1.165) is 15.4 Å². The van der Waals surface area contributed by atoms with Gasteiger partial charge in [0.15, 0.2) is 0 Å². The summed E-state index contributed by atoms with van der Waals surface area (Å²) in [5, 5.41) is 1.06. The quantitative estimate of drug-likeness (QED) is 0.636. The van der Waals surface area contributed by atoms with Crippen molar-refractivity contribution in [3.05, 3.63) is 42.6 Å². The van der Waals surface area contributed by atoms with Gasteiger partial charge < -0.3 is 0 Å². The van der Waals surface area contributed by atoms with Gasteiger partial charge in [-0.1, -0.05) is 0 Å². The van der Waals surface area contributed by atoms with Crippen molar-refractivity contribution in [1.29, 1.82) is 0 Å². The third-order valence-corrected chi connectivity index (χ3v) is 4.43. The molecule has 78 valence electrons. The predicted octanol–water partition coefficient (Wildman–Crippen LogP) is 1.62. The summed E-state index contributed by atoms with van der Waals surface area (Å²) in [7, 11) is 0. The van der Waals surface area contributed by atoms with Gasteiger partial charge in [-0.2, -0.15) is 0 Å². The molecule has 16 heavy (non-hydrogen) atoms. The predicted molar refractivity (Wildman–Crippen MR) is 71.0 cm³/mol. The summed E-state index contributed by atoms with van der Waals surface area (Å²) >= 11 is 3.28. The van der Waals surface area contributed by atoms with E-state index in [1.165, 1.54) is 9.91 Å². The number of rotatable bonds is 1. The first kappa shape index (κ1) is 10.0. The molecule has 0 N–H and O–H groups in total. The Balaban J connectivity index is 2.23. The van der Waals surface area contributed by atoms with Crippen LogP contribution in [0.2, 0.25) is 0 Å². The Bertz CT molecular complexity index is 615. The Hall–Kier alpha value is -1.18. The summed E-state index contributed by atoms with van der Waals surface area (Å²) < 4.78 is 1.31. The number of aromatic nitrogens is 2. The van der Waals surface area contributed by atoms with E-state index in [-0.39, 0.29) is 0 Å². The molecule has 4 heteroatoms. The van der Waals surface area contributed by atoms with Crippen molar-refractivity contribution in [2.45, 2.75) is 0 Å². The molecule has 2 heterocycles. The average molecular weight is 288 g/mol. The van der Waals surface area contributed by atoms with Gasteiger partial charge in [-0.05, 0) is 0 Å². The Kier molecular flexibility index (Phi) is 2.50. The van der Waals surface area contributed by atoms with Crippen molar-refractivity contribution in [2.75, 3.05) is 0 Å². The van der Waals surface area contributed by atoms with Crippen LogP contribution in [0.25, 0.3) is 20.9 Å². The number of hydrogen-bond acceptors (Lipinski definition) is 3. The maximum absolute atomic E-state index is 4.61. The van der Waals surface area contributed by atoms with Gasteiger partial charge in [0, 0.05) is 0 Å². The molecule has 0 saturated heterocycles. The zero-order chi connectivity index (χ0) is 11.0. The normalized spacial score (nSPS) is 10.8. The van der Waals surface area contributed by atoms with Crippen LogP contribution in [0.1, 0.15) is 0 Å². The molecular weight excluding hydrogens is 279 g/mol. The molecule has 3 rings (SSSR count). The third-order valence-electron chi connectivity index (χ3n) is 2.36. The SMILES string of the molecule is [AsH2]c1ccccc1-c1nc2cccnc2s1. The third kappa shape index (κ3) is 1.66. The van der Waals surface area contributed by atoms with E-state index in [4.69, 9.17) is 0 Å². The number of pyridine rings is 1. The van der Waals surface area contributed by atoms with Crippen LogP contribution in [0.3, 0.4) is 0 Å². The molecule has 2 nitrogen and oxygen atoms in total. The molecule has 0 spiro atoms. The van der Waals surface area contributed by atoms with Crippen molar-refractivity contribution < 1.29 is 0 Å². The molecule has 1 atom stereocenters. The topological polar surface area (TPSA) is 25.8 Å². The monoisotopic (exact) mass is 288 g/mol. The van der Waals surface area contributed by atoms with Gasteiger partial charge in [0.2, 0.25) is 0 Å². The second-order valence-electron chi connectivity index (χ2n) is 3.43. The molecule has 0 saturated carbocycles. The molecule has 2 aromatic heterocycles. The van der Waals surface area contributed by atoms with Crippen LogP contribution in [-0.4, -0.2) is 26.8 Å². The van der Waals surface area contributed by atoms with Gasteiger partial charge in [0.1, 0.15) is 0 Å². The zero-order valence-electron chi connectivity index (χ0n) is 8.42. The Labute approximate surface area is 106 Å². The van der Waals surface area contributed by atoms with Crippen LogP contribution in [-0.2, 0) is 0 Å². The molecule has 0 aliphatic heterocycles. The van der Waals surface area contributed by atoms with Gasteiger partial charge >= 0.3 is 106 Å². The number of thiazole rings is 1. The molecule has 1 aromatic carbocycles. The Morgan fingerprint density at radius 2 is 1.94 bits per heavy atom. The molecule has 0 aliphatic carbocycles. The summed E-state index contributed by atoms with van der Waals surface area (Å²) in [6.07, 6.45) is 1.81. The number of hydrogen-bond donors (Lipinski definition) is 0. The van der Waals surface area contributed by atoms with Gasteiger partial charge in [0.25, 0.3) is 0 Å². The Morgan fingerprint density at radius 1 is 1.06 bits per heavy atom. The van der Waals surface area contributed by atoms with E-state index in [1.807, 2.05) is 18.3 Å². The van der Waals surface area contributed by atoms with E-state index in [9.17, 15) is 0 Å².